The predicted molar refractivity (Wildman–Crippen MR) is 30.0 cm³/mol. The lowest BCUT2D eigenvalue weighted by Crippen LogP contribution is -1.74. The first-order valence-electron chi connectivity index (χ1n) is 2.03. The van der Waals surface area contributed by atoms with Gasteiger partial charge in [0, 0.05) is 0 Å². The van der Waals surface area contributed by atoms with Crippen LogP contribution >= 0.6 is 0 Å². The molecule has 0 saturated heterocycles. The molecule has 0 aliphatic rings. The molecule has 0 aromatic carbocycles. The Kier molecular flexibility index (Phi) is 3.17. The molecule has 8 heavy (non-hydrogen) atoms. The summed E-state index contributed by atoms with van der Waals surface area (Å²) in [4.78, 5) is 9.79. The molecule has 0 unspecified atom stereocenters. The van der Waals surface area contributed by atoms with E-state index in [4.69, 9.17) is 5.26 Å². The van der Waals surface area contributed by atoms with Crippen molar-refractivity contribution in [2.75, 3.05) is 0 Å². The number of rotatable bonds is 2. The molecule has 0 atom stereocenters. The fraction of sp³-hybridized carbons (Fsp3) is 0. The number of hydrogen-bond acceptors (Lipinski definition) is 2. The Morgan fingerprint density at radius 2 is 2.38 bits per heavy atom. The van der Waals surface area contributed by atoms with Gasteiger partial charge in [-0.15, -0.1) is 0 Å². The van der Waals surface area contributed by atoms with Crippen molar-refractivity contribution < 1.29 is 4.79 Å². The number of nitrogens with zero attached hydrogens (tertiary/aromatic N) is 1. The average Bonchev–Trinajstić information content (AvgIpc) is 1.83. The number of allylic oxidation sites excluding steroid dienone is 3. The Bertz CT molecular complexity index is 162. The van der Waals surface area contributed by atoms with Crippen LogP contribution in [0, 0.1) is 11.3 Å². The number of hydrogen-bond donors (Lipinski definition) is 0. The fourth-order valence-electron chi connectivity index (χ4n) is 0.230. The van der Waals surface area contributed by atoms with Gasteiger partial charge in [-0.05, 0) is 6.08 Å². The first-order valence-corrected chi connectivity index (χ1v) is 2.03. The molecule has 0 amide bonds. The largest absolute Gasteiger partial charge is 0.297 e. The minimum atomic E-state index is 0.0972. The van der Waals surface area contributed by atoms with Gasteiger partial charge < -0.3 is 0 Å². The molecule has 0 aromatic rings. The zero-order valence-corrected chi connectivity index (χ0v) is 4.29. The summed E-state index contributed by atoms with van der Waals surface area (Å²) in [7, 11) is 0. The maximum absolute atomic E-state index is 9.79. The maximum atomic E-state index is 9.79. The summed E-state index contributed by atoms with van der Waals surface area (Å²) in [6.45, 7) is 3.31. The highest BCUT2D eigenvalue weighted by molar-refractivity contribution is 5.79. The normalized spacial score (nSPS) is 9.62. The second-order valence-corrected chi connectivity index (χ2v) is 1.09. The van der Waals surface area contributed by atoms with Crippen LogP contribution in [0.3, 0.4) is 0 Å². The zero-order valence-electron chi connectivity index (χ0n) is 4.29. The first kappa shape index (κ1) is 6.64. The molecule has 0 fully saturated rings. The third-order valence-corrected chi connectivity index (χ3v) is 0.553. The molecule has 0 heterocycles. The standard InChI is InChI=1S/C6H5NO/c1-2-3-6(4-7)5-8/h2-3,5H,1H2. The predicted octanol–water partition coefficient (Wildman–Crippen LogP) is 0.821. The van der Waals surface area contributed by atoms with Crippen molar-refractivity contribution in [2.45, 2.75) is 0 Å². The highest BCUT2D eigenvalue weighted by Gasteiger charge is 1.83. The Morgan fingerprint density at radius 3 is 2.50 bits per heavy atom. The van der Waals surface area contributed by atoms with Crippen LogP contribution in [0.15, 0.2) is 24.3 Å². The van der Waals surface area contributed by atoms with Crippen LogP contribution in [-0.2, 0) is 4.79 Å². The topological polar surface area (TPSA) is 40.9 Å². The number of carbonyl (C=O) groups excluding carboxylic acids is 1. The summed E-state index contributed by atoms with van der Waals surface area (Å²) in [6.07, 6.45) is 3.24. The van der Waals surface area contributed by atoms with Gasteiger partial charge in [-0.3, -0.25) is 4.79 Å². The lowest BCUT2D eigenvalue weighted by atomic mass is 10.3. The third-order valence-electron chi connectivity index (χ3n) is 0.553. The van der Waals surface area contributed by atoms with E-state index in [1.807, 2.05) is 0 Å². The van der Waals surface area contributed by atoms with E-state index in [0.717, 1.165) is 0 Å². The van der Waals surface area contributed by atoms with Crippen molar-refractivity contribution in [1.82, 2.24) is 0 Å². The van der Waals surface area contributed by atoms with E-state index in [-0.39, 0.29) is 5.57 Å². The molecule has 0 radical (unpaired) electrons. The third kappa shape index (κ3) is 1.93. The first-order chi connectivity index (χ1) is 3.85. The Morgan fingerprint density at radius 1 is 1.75 bits per heavy atom. The Balaban J connectivity index is 4.12. The van der Waals surface area contributed by atoms with Crippen LogP contribution in [0.25, 0.3) is 0 Å². The molecular weight excluding hydrogens is 102 g/mol. The molecule has 0 aliphatic carbocycles. The van der Waals surface area contributed by atoms with Crippen LogP contribution in [0.1, 0.15) is 0 Å². The van der Waals surface area contributed by atoms with E-state index < -0.39 is 0 Å². The molecular formula is C6H5NO. The molecule has 0 bridgehead atoms. The second kappa shape index (κ2) is 3.82. The highest BCUT2D eigenvalue weighted by Crippen LogP contribution is 1.83. The quantitative estimate of drug-likeness (QED) is 0.227. The van der Waals surface area contributed by atoms with Gasteiger partial charge in [0.05, 0.1) is 5.57 Å². The molecule has 0 aliphatic heterocycles. The molecule has 0 rings (SSSR count). The van der Waals surface area contributed by atoms with Gasteiger partial charge in [-0.2, -0.15) is 5.26 Å². The molecule has 0 aromatic heterocycles. The van der Waals surface area contributed by atoms with Crippen LogP contribution in [0.4, 0.5) is 0 Å². The van der Waals surface area contributed by atoms with Gasteiger partial charge in [0.25, 0.3) is 0 Å². The van der Waals surface area contributed by atoms with E-state index in [9.17, 15) is 4.79 Å². The molecule has 0 N–H and O–H groups in total. The zero-order chi connectivity index (χ0) is 6.41. The second-order valence-electron chi connectivity index (χ2n) is 1.09. The van der Waals surface area contributed by atoms with Crippen molar-refractivity contribution in [3.63, 3.8) is 0 Å². The number of aldehydes is 1. The summed E-state index contributed by atoms with van der Waals surface area (Å²) in [5.74, 6) is 0. The van der Waals surface area contributed by atoms with Crippen molar-refractivity contribution in [2.24, 2.45) is 0 Å². The summed E-state index contributed by atoms with van der Waals surface area (Å²) in [5.41, 5.74) is 0.0972. The summed E-state index contributed by atoms with van der Waals surface area (Å²) in [5, 5.41) is 8.06. The van der Waals surface area contributed by atoms with Crippen molar-refractivity contribution in [3.05, 3.63) is 24.3 Å². The highest BCUT2D eigenvalue weighted by atomic mass is 16.1. The van der Waals surface area contributed by atoms with E-state index in [2.05, 4.69) is 6.58 Å². The van der Waals surface area contributed by atoms with Gasteiger partial charge in [0.15, 0.2) is 6.29 Å². The molecule has 0 saturated carbocycles. The Labute approximate surface area is 47.7 Å². The number of carbonyl (C=O) groups is 1. The van der Waals surface area contributed by atoms with Crippen LogP contribution in [-0.4, -0.2) is 6.29 Å². The lowest BCUT2D eigenvalue weighted by molar-refractivity contribution is -0.104. The summed E-state index contributed by atoms with van der Waals surface area (Å²) in [6, 6.07) is 1.67. The molecule has 2 heteroatoms. The lowest BCUT2D eigenvalue weighted by Gasteiger charge is -1.72. The van der Waals surface area contributed by atoms with Crippen molar-refractivity contribution >= 4 is 6.29 Å². The molecule has 2 nitrogen and oxygen atoms in total. The maximum Gasteiger partial charge on any atom is 0.160 e. The van der Waals surface area contributed by atoms with Gasteiger partial charge in [0.2, 0.25) is 0 Å². The molecule has 40 valence electrons. The minimum Gasteiger partial charge on any atom is -0.297 e. The van der Waals surface area contributed by atoms with Crippen LogP contribution in [0.5, 0.6) is 0 Å². The average molecular weight is 107 g/mol. The fourth-order valence-corrected chi connectivity index (χ4v) is 0.230. The van der Waals surface area contributed by atoms with E-state index >= 15 is 0 Å². The Hall–Kier alpha value is -1.36. The van der Waals surface area contributed by atoms with Gasteiger partial charge in [0.1, 0.15) is 6.07 Å². The van der Waals surface area contributed by atoms with E-state index in [1.165, 1.54) is 12.2 Å². The minimum absolute atomic E-state index is 0.0972. The van der Waals surface area contributed by atoms with Crippen molar-refractivity contribution in [3.8, 4) is 6.07 Å². The van der Waals surface area contributed by atoms with Crippen LogP contribution in [0.2, 0.25) is 0 Å². The summed E-state index contributed by atoms with van der Waals surface area (Å²) >= 11 is 0. The monoisotopic (exact) mass is 107 g/mol. The van der Waals surface area contributed by atoms with Crippen LogP contribution < -0.4 is 0 Å². The van der Waals surface area contributed by atoms with E-state index in [0.29, 0.717) is 6.29 Å². The summed E-state index contributed by atoms with van der Waals surface area (Å²) < 4.78 is 0. The van der Waals surface area contributed by atoms with E-state index in [1.54, 1.807) is 6.07 Å². The molecule has 0 spiro atoms. The van der Waals surface area contributed by atoms with Gasteiger partial charge in [-0.25, -0.2) is 0 Å². The number of nitriles is 1. The van der Waals surface area contributed by atoms with Gasteiger partial charge in [-0.1, -0.05) is 12.7 Å². The van der Waals surface area contributed by atoms with Crippen molar-refractivity contribution in [1.29, 1.82) is 5.26 Å². The smallest absolute Gasteiger partial charge is 0.160 e. The van der Waals surface area contributed by atoms with Gasteiger partial charge >= 0.3 is 0 Å². The SMILES string of the molecule is C=CC=C(C#N)C=O.